The van der Waals surface area contributed by atoms with Crippen LogP contribution in [0.2, 0.25) is 0 Å². The number of allylic oxidation sites excluding steroid dienone is 1. The Bertz CT molecular complexity index is 208. The van der Waals surface area contributed by atoms with E-state index < -0.39 is 0 Å². The number of hydrogen-bond acceptors (Lipinski definition) is 2. The molecule has 2 rings (SSSR count). The molecule has 2 heteroatoms. The molecule has 0 radical (unpaired) electrons. The molecule has 11 heavy (non-hydrogen) atoms. The van der Waals surface area contributed by atoms with Gasteiger partial charge in [-0.15, -0.1) is 0 Å². The molecule has 0 spiro atoms. The van der Waals surface area contributed by atoms with Gasteiger partial charge in [0.25, 0.3) is 0 Å². The maximum absolute atomic E-state index is 7.27. The van der Waals surface area contributed by atoms with Crippen molar-refractivity contribution in [1.82, 2.24) is 0 Å². The second-order valence-electron chi connectivity index (χ2n) is 3.63. The normalized spacial score (nSPS) is 45.1. The second-order valence-corrected chi connectivity index (χ2v) is 3.63. The Morgan fingerprint density at radius 1 is 1.45 bits per heavy atom. The molecule has 0 aromatic rings. The minimum Gasteiger partial charge on any atom is -0.405 e. The summed E-state index contributed by atoms with van der Waals surface area (Å²) in [6.45, 7) is 0. The Morgan fingerprint density at radius 2 is 2.27 bits per heavy atom. The van der Waals surface area contributed by atoms with Gasteiger partial charge < -0.3 is 11.1 Å². The number of rotatable bonds is 1. The summed E-state index contributed by atoms with van der Waals surface area (Å²) < 4.78 is 0. The van der Waals surface area contributed by atoms with E-state index in [0.717, 1.165) is 11.8 Å². The van der Waals surface area contributed by atoms with E-state index in [-0.39, 0.29) is 0 Å². The molecule has 2 saturated carbocycles. The third-order valence-electron chi connectivity index (χ3n) is 3.21. The van der Waals surface area contributed by atoms with E-state index in [1.165, 1.54) is 24.8 Å². The standard InChI is InChI=1S/C9H14N2/c10-4-8-6-1-2-7(3-6)9(8)5-11/h4-8,10H,1-3,11H2/b9-5-,10-4?. The largest absolute Gasteiger partial charge is 0.405 e. The fourth-order valence-corrected chi connectivity index (χ4v) is 2.67. The number of nitrogens with two attached hydrogens (primary N) is 1. The van der Waals surface area contributed by atoms with Crippen LogP contribution in [0, 0.1) is 23.2 Å². The van der Waals surface area contributed by atoms with Gasteiger partial charge >= 0.3 is 0 Å². The minimum absolute atomic E-state index is 0.388. The lowest BCUT2D eigenvalue weighted by Gasteiger charge is -2.19. The van der Waals surface area contributed by atoms with Gasteiger partial charge in [-0.1, -0.05) is 0 Å². The molecule has 2 aliphatic rings. The zero-order valence-corrected chi connectivity index (χ0v) is 6.59. The summed E-state index contributed by atoms with van der Waals surface area (Å²) in [6.07, 6.45) is 7.20. The summed E-state index contributed by atoms with van der Waals surface area (Å²) in [5, 5.41) is 7.27. The minimum atomic E-state index is 0.388. The maximum Gasteiger partial charge on any atom is 0.0193 e. The van der Waals surface area contributed by atoms with E-state index in [1.807, 2.05) is 0 Å². The molecular weight excluding hydrogens is 136 g/mol. The Hall–Kier alpha value is -0.790. The molecule has 3 atom stereocenters. The van der Waals surface area contributed by atoms with E-state index in [9.17, 15) is 0 Å². The summed E-state index contributed by atoms with van der Waals surface area (Å²) in [5.41, 5.74) is 6.85. The third kappa shape index (κ3) is 0.817. The first kappa shape index (κ1) is 6.89. The molecule has 0 heterocycles. The predicted molar refractivity (Wildman–Crippen MR) is 45.4 cm³/mol. The van der Waals surface area contributed by atoms with Crippen LogP contribution in [0.25, 0.3) is 0 Å². The van der Waals surface area contributed by atoms with Crippen LogP contribution in [0.3, 0.4) is 0 Å². The zero-order valence-electron chi connectivity index (χ0n) is 6.59. The van der Waals surface area contributed by atoms with Gasteiger partial charge in [0.15, 0.2) is 0 Å². The topological polar surface area (TPSA) is 49.9 Å². The van der Waals surface area contributed by atoms with Crippen LogP contribution >= 0.6 is 0 Å². The summed E-state index contributed by atoms with van der Waals surface area (Å²) >= 11 is 0. The molecule has 0 amide bonds. The molecule has 3 N–H and O–H groups in total. The molecule has 0 aliphatic heterocycles. The van der Waals surface area contributed by atoms with Crippen molar-refractivity contribution in [2.24, 2.45) is 23.5 Å². The van der Waals surface area contributed by atoms with E-state index >= 15 is 0 Å². The molecule has 3 unspecified atom stereocenters. The van der Waals surface area contributed by atoms with Gasteiger partial charge in [0.2, 0.25) is 0 Å². The monoisotopic (exact) mass is 150 g/mol. The van der Waals surface area contributed by atoms with Gasteiger partial charge in [-0.25, -0.2) is 0 Å². The smallest absolute Gasteiger partial charge is 0.0193 e. The van der Waals surface area contributed by atoms with Gasteiger partial charge in [-0.05, 0) is 42.9 Å². The van der Waals surface area contributed by atoms with Crippen LogP contribution in [0.15, 0.2) is 11.8 Å². The van der Waals surface area contributed by atoms with Crippen molar-refractivity contribution in [1.29, 1.82) is 5.41 Å². The van der Waals surface area contributed by atoms with Crippen LogP contribution in [-0.4, -0.2) is 6.21 Å². The van der Waals surface area contributed by atoms with E-state index in [0.29, 0.717) is 5.92 Å². The van der Waals surface area contributed by atoms with Gasteiger partial charge in [-0.3, -0.25) is 0 Å². The molecular formula is C9H14N2. The molecule has 0 saturated heterocycles. The highest BCUT2D eigenvalue weighted by Gasteiger charge is 2.42. The quantitative estimate of drug-likeness (QED) is 0.547. The molecule has 2 nitrogen and oxygen atoms in total. The average molecular weight is 150 g/mol. The van der Waals surface area contributed by atoms with E-state index in [1.54, 1.807) is 12.4 Å². The van der Waals surface area contributed by atoms with E-state index in [2.05, 4.69) is 0 Å². The van der Waals surface area contributed by atoms with Crippen LogP contribution in [-0.2, 0) is 0 Å². The molecule has 2 aliphatic carbocycles. The fourth-order valence-electron chi connectivity index (χ4n) is 2.67. The first-order chi connectivity index (χ1) is 5.36. The van der Waals surface area contributed by atoms with Gasteiger partial charge in [0.05, 0.1) is 0 Å². The highest BCUT2D eigenvalue weighted by Crippen LogP contribution is 2.50. The van der Waals surface area contributed by atoms with Crippen LogP contribution < -0.4 is 5.73 Å². The summed E-state index contributed by atoms with van der Waals surface area (Å²) in [7, 11) is 0. The molecule has 2 bridgehead atoms. The lowest BCUT2D eigenvalue weighted by atomic mass is 9.86. The van der Waals surface area contributed by atoms with Crippen LogP contribution in [0.4, 0.5) is 0 Å². The SMILES string of the molecule is N=CC1/C(=C\N)C2CCC1C2. The van der Waals surface area contributed by atoms with Crippen molar-refractivity contribution in [3.63, 3.8) is 0 Å². The number of fused-ring (bicyclic) bond motifs is 2. The molecule has 60 valence electrons. The highest BCUT2D eigenvalue weighted by atomic mass is 14.6. The second kappa shape index (κ2) is 2.36. The summed E-state index contributed by atoms with van der Waals surface area (Å²) in [4.78, 5) is 0. The zero-order chi connectivity index (χ0) is 7.84. The highest BCUT2D eigenvalue weighted by molar-refractivity contribution is 5.64. The van der Waals surface area contributed by atoms with Crippen LogP contribution in [0.1, 0.15) is 19.3 Å². The third-order valence-corrected chi connectivity index (χ3v) is 3.21. The van der Waals surface area contributed by atoms with Crippen molar-refractivity contribution in [2.45, 2.75) is 19.3 Å². The predicted octanol–water partition coefficient (Wildman–Crippen LogP) is 1.52. The first-order valence-corrected chi connectivity index (χ1v) is 4.29. The van der Waals surface area contributed by atoms with Crippen molar-refractivity contribution < 1.29 is 0 Å². The number of nitrogens with one attached hydrogen (secondary N) is 1. The lowest BCUT2D eigenvalue weighted by molar-refractivity contribution is 0.497. The van der Waals surface area contributed by atoms with E-state index in [4.69, 9.17) is 11.1 Å². The van der Waals surface area contributed by atoms with Crippen molar-refractivity contribution >= 4 is 6.21 Å². The fraction of sp³-hybridized carbons (Fsp3) is 0.667. The Kier molecular flexibility index (Phi) is 1.48. The van der Waals surface area contributed by atoms with Crippen molar-refractivity contribution in [3.8, 4) is 0 Å². The van der Waals surface area contributed by atoms with Crippen molar-refractivity contribution in [2.75, 3.05) is 0 Å². The summed E-state index contributed by atoms with van der Waals surface area (Å²) in [6, 6.07) is 0. The molecule has 2 fully saturated rings. The average Bonchev–Trinajstić information content (AvgIpc) is 2.60. The van der Waals surface area contributed by atoms with Crippen molar-refractivity contribution in [3.05, 3.63) is 11.8 Å². The first-order valence-electron chi connectivity index (χ1n) is 4.29. The van der Waals surface area contributed by atoms with Crippen LogP contribution in [0.5, 0.6) is 0 Å². The lowest BCUT2D eigenvalue weighted by Crippen LogP contribution is -2.15. The Balaban J connectivity index is 2.27. The number of hydrogen-bond donors (Lipinski definition) is 2. The van der Waals surface area contributed by atoms with Gasteiger partial charge in [0, 0.05) is 12.1 Å². The summed E-state index contributed by atoms with van der Waals surface area (Å²) in [5.74, 6) is 1.85. The van der Waals surface area contributed by atoms with Gasteiger partial charge in [-0.2, -0.15) is 0 Å². The maximum atomic E-state index is 7.27. The Labute approximate surface area is 67.0 Å². The molecule has 0 aromatic carbocycles. The van der Waals surface area contributed by atoms with Gasteiger partial charge in [0.1, 0.15) is 0 Å². The molecule has 0 aromatic heterocycles. The Morgan fingerprint density at radius 3 is 2.82 bits per heavy atom.